The highest BCUT2D eigenvalue weighted by Crippen LogP contribution is 2.22. The van der Waals surface area contributed by atoms with E-state index in [0.717, 1.165) is 12.1 Å². The fourth-order valence-electron chi connectivity index (χ4n) is 2.95. The summed E-state index contributed by atoms with van der Waals surface area (Å²) >= 11 is 0. The van der Waals surface area contributed by atoms with Gasteiger partial charge in [0.1, 0.15) is 11.5 Å². The average molecular weight is 519 g/mol. The van der Waals surface area contributed by atoms with Crippen LogP contribution in [0.1, 0.15) is 11.1 Å². The maximum atomic E-state index is 11.2. The molecule has 0 fully saturated rings. The fourth-order valence-corrected chi connectivity index (χ4v) is 4.02. The molecular weight excluding hydrogens is 488 g/mol. The Morgan fingerprint density at radius 2 is 0.882 bits per heavy atom. The van der Waals surface area contributed by atoms with Crippen molar-refractivity contribution in [3.63, 3.8) is 0 Å². The zero-order chi connectivity index (χ0) is 25.2. The molecule has 8 N–H and O–H groups in total. The Labute approximate surface area is 198 Å². The number of hydrogen-bond acceptors (Lipinski definition) is 10. The van der Waals surface area contributed by atoms with E-state index in [4.69, 9.17) is 9.11 Å². The van der Waals surface area contributed by atoms with Gasteiger partial charge in [-0.05, 0) is 36.4 Å². The third-order valence-corrected chi connectivity index (χ3v) is 6.46. The quantitative estimate of drug-likeness (QED) is 0.113. The summed E-state index contributed by atoms with van der Waals surface area (Å²) in [6.07, 6.45) is 0. The zero-order valence-corrected chi connectivity index (χ0v) is 20.0. The fraction of sp³-hybridized carbons (Fsp3) is 0.400. The van der Waals surface area contributed by atoms with E-state index in [1.807, 2.05) is 0 Å². The summed E-state index contributed by atoms with van der Waals surface area (Å²) < 4.78 is 62.9. The molecule has 2 rings (SSSR count). The second kappa shape index (κ2) is 13.0. The van der Waals surface area contributed by atoms with Crippen molar-refractivity contribution in [3.05, 3.63) is 47.5 Å². The second-order valence-electron chi connectivity index (χ2n) is 7.38. The van der Waals surface area contributed by atoms with Gasteiger partial charge < -0.3 is 31.5 Å². The lowest BCUT2D eigenvalue weighted by atomic mass is 10.2. The van der Waals surface area contributed by atoms with E-state index < -0.39 is 20.2 Å². The molecule has 0 aromatic heterocycles. The molecule has 190 valence electrons. The lowest BCUT2D eigenvalue weighted by Crippen LogP contribution is -2.35. The van der Waals surface area contributed by atoms with Crippen molar-refractivity contribution in [2.75, 3.05) is 39.3 Å². The van der Waals surface area contributed by atoms with Gasteiger partial charge in [0.25, 0.3) is 20.2 Å². The highest BCUT2D eigenvalue weighted by molar-refractivity contribution is 7.86. The summed E-state index contributed by atoms with van der Waals surface area (Å²) in [5.74, 6) is -0.126. The molecule has 2 aromatic rings. The van der Waals surface area contributed by atoms with Crippen LogP contribution in [0.15, 0.2) is 46.2 Å². The van der Waals surface area contributed by atoms with Crippen LogP contribution in [0, 0.1) is 0 Å². The van der Waals surface area contributed by atoms with Gasteiger partial charge in [-0.2, -0.15) is 16.8 Å². The summed E-state index contributed by atoms with van der Waals surface area (Å²) in [5, 5.41) is 32.1. The van der Waals surface area contributed by atoms with Gasteiger partial charge in [0.05, 0.1) is 9.79 Å². The largest absolute Gasteiger partial charge is 0.508 e. The number of hydrogen-bond donors (Lipinski definition) is 8. The van der Waals surface area contributed by atoms with Gasteiger partial charge in [-0.15, -0.1) is 0 Å². The van der Waals surface area contributed by atoms with Gasteiger partial charge in [0.2, 0.25) is 0 Å². The Kier molecular flexibility index (Phi) is 10.7. The van der Waals surface area contributed by atoms with Crippen molar-refractivity contribution in [1.29, 1.82) is 0 Å². The summed E-state index contributed by atoms with van der Waals surface area (Å²) in [6.45, 7) is 4.30. The van der Waals surface area contributed by atoms with E-state index in [0.29, 0.717) is 50.4 Å². The first-order chi connectivity index (χ1) is 16.0. The molecule has 0 spiro atoms. The maximum Gasteiger partial charge on any atom is 0.294 e. The number of nitrogens with one attached hydrogen (secondary N) is 4. The molecular formula is C20H30N4O8S2. The van der Waals surface area contributed by atoms with Gasteiger partial charge in [0, 0.05) is 63.5 Å². The van der Waals surface area contributed by atoms with Crippen LogP contribution in [0.5, 0.6) is 11.5 Å². The van der Waals surface area contributed by atoms with E-state index in [1.165, 1.54) is 24.3 Å². The minimum absolute atomic E-state index is 0.0629. The lowest BCUT2D eigenvalue weighted by Gasteiger charge is -2.10. The van der Waals surface area contributed by atoms with Crippen molar-refractivity contribution in [2.24, 2.45) is 0 Å². The van der Waals surface area contributed by atoms with Gasteiger partial charge >= 0.3 is 0 Å². The molecule has 0 radical (unpaired) electrons. The van der Waals surface area contributed by atoms with Gasteiger partial charge in [-0.3, -0.25) is 9.11 Å². The molecule has 12 nitrogen and oxygen atoms in total. The summed E-state index contributed by atoms with van der Waals surface area (Å²) in [5.41, 5.74) is 0.727. The molecule has 14 heteroatoms. The summed E-state index contributed by atoms with van der Waals surface area (Å²) in [6, 6.07) is 7.13. The van der Waals surface area contributed by atoms with Gasteiger partial charge in [-0.1, -0.05) is 0 Å². The maximum absolute atomic E-state index is 11.2. The van der Waals surface area contributed by atoms with E-state index >= 15 is 0 Å². The number of benzene rings is 2. The normalized spacial score (nSPS) is 12.2. The minimum Gasteiger partial charge on any atom is -0.508 e. The van der Waals surface area contributed by atoms with Crippen molar-refractivity contribution in [1.82, 2.24) is 21.3 Å². The number of rotatable bonds is 15. The highest BCUT2D eigenvalue weighted by atomic mass is 32.2. The lowest BCUT2D eigenvalue weighted by molar-refractivity contribution is 0.460. The monoisotopic (exact) mass is 518 g/mol. The molecule has 0 aliphatic rings. The van der Waals surface area contributed by atoms with Crippen LogP contribution < -0.4 is 21.3 Å². The van der Waals surface area contributed by atoms with Crippen molar-refractivity contribution in [2.45, 2.75) is 22.9 Å². The first-order valence-electron chi connectivity index (χ1n) is 10.4. The topological polar surface area (TPSA) is 197 Å². The number of phenols is 2. The summed E-state index contributed by atoms with van der Waals surface area (Å²) in [4.78, 5) is -0.548. The molecule has 0 amide bonds. The van der Waals surface area contributed by atoms with Crippen LogP contribution in [-0.4, -0.2) is 75.4 Å². The second-order valence-corrected chi connectivity index (χ2v) is 10.2. The molecule has 0 aliphatic carbocycles. The molecule has 0 aliphatic heterocycles. The third-order valence-electron chi connectivity index (χ3n) is 4.76. The van der Waals surface area contributed by atoms with E-state index in [9.17, 15) is 27.0 Å². The Morgan fingerprint density at radius 3 is 1.21 bits per heavy atom. The minimum atomic E-state index is -4.32. The number of aromatic hydroxyl groups is 2. The molecule has 0 bridgehead atoms. The molecule has 0 heterocycles. The van der Waals surface area contributed by atoms with E-state index in [1.54, 1.807) is 0 Å². The molecule has 0 unspecified atom stereocenters. The average Bonchev–Trinajstić information content (AvgIpc) is 2.75. The molecule has 0 saturated heterocycles. The van der Waals surface area contributed by atoms with Crippen molar-refractivity contribution < 1.29 is 36.2 Å². The summed E-state index contributed by atoms with van der Waals surface area (Å²) in [7, 11) is -8.65. The SMILES string of the molecule is O=S(=O)(O)c1ccc(O)c(CNCCNCCNCCNCc2cc(S(=O)(=O)O)ccc2O)c1. The van der Waals surface area contributed by atoms with Crippen LogP contribution in [0.4, 0.5) is 0 Å². The van der Waals surface area contributed by atoms with Crippen LogP contribution >= 0.6 is 0 Å². The van der Waals surface area contributed by atoms with Gasteiger partial charge in [0.15, 0.2) is 0 Å². The molecule has 0 atom stereocenters. The smallest absolute Gasteiger partial charge is 0.294 e. The Bertz CT molecular complexity index is 1070. The highest BCUT2D eigenvalue weighted by Gasteiger charge is 2.13. The van der Waals surface area contributed by atoms with Crippen LogP contribution in [0.25, 0.3) is 0 Å². The van der Waals surface area contributed by atoms with Crippen molar-refractivity contribution >= 4 is 20.2 Å². The molecule has 0 saturated carbocycles. The molecule has 2 aromatic carbocycles. The Balaban J connectivity index is 1.53. The van der Waals surface area contributed by atoms with Crippen LogP contribution in [0.2, 0.25) is 0 Å². The van der Waals surface area contributed by atoms with Crippen molar-refractivity contribution in [3.8, 4) is 11.5 Å². The van der Waals surface area contributed by atoms with Crippen LogP contribution in [-0.2, 0) is 33.3 Å². The predicted molar refractivity (Wildman–Crippen MR) is 125 cm³/mol. The number of phenolic OH excluding ortho intramolecular Hbond substituents is 2. The van der Waals surface area contributed by atoms with Gasteiger partial charge in [-0.25, -0.2) is 0 Å². The zero-order valence-electron chi connectivity index (χ0n) is 18.4. The Morgan fingerprint density at radius 1 is 0.559 bits per heavy atom. The Hall–Kier alpha value is -2.30. The van der Waals surface area contributed by atoms with E-state index in [2.05, 4.69) is 21.3 Å². The first-order valence-corrected chi connectivity index (χ1v) is 13.3. The standard InChI is InChI=1S/C20H30N4O8S2/c25-19-3-1-17(33(27,28)29)11-15(19)13-23-9-7-21-5-6-22-8-10-24-14-16-12-18(34(30,31)32)2-4-20(16)26/h1-4,11-12,21-26H,5-10,13-14H2,(H,27,28,29)(H,30,31,32). The van der Waals surface area contributed by atoms with Crippen LogP contribution in [0.3, 0.4) is 0 Å². The predicted octanol–water partition coefficient (Wildman–Crippen LogP) is -0.350. The first kappa shape index (κ1) is 27.9. The van der Waals surface area contributed by atoms with E-state index in [-0.39, 0.29) is 34.4 Å². The molecule has 34 heavy (non-hydrogen) atoms. The third kappa shape index (κ3) is 9.52.